The van der Waals surface area contributed by atoms with Crippen LogP contribution >= 0.6 is 0 Å². The Hall–Kier alpha value is -1.77. The minimum absolute atomic E-state index is 1.05. The summed E-state index contributed by atoms with van der Waals surface area (Å²) in [4.78, 5) is 5.07. The smallest absolute Gasteiger partial charge is 0.0746 e. The lowest BCUT2D eigenvalue weighted by molar-refractivity contribution is 0.668. The van der Waals surface area contributed by atoms with E-state index in [9.17, 15) is 0 Å². The molecule has 28 heavy (non-hydrogen) atoms. The fraction of sp³-hybridized carbons (Fsp3) is 0.640. The Balaban J connectivity index is 1.75. The first-order valence-electron chi connectivity index (χ1n) is 11.8. The molecule has 2 N–H and O–H groups in total. The topological polar surface area (TPSA) is 37.0 Å². The van der Waals surface area contributed by atoms with Crippen molar-refractivity contribution in [1.82, 2.24) is 4.98 Å². The number of aryl methyl sites for hydroxylation is 1. The van der Waals surface area contributed by atoms with Gasteiger partial charge in [0.15, 0.2) is 0 Å². The summed E-state index contributed by atoms with van der Waals surface area (Å²) in [5.41, 5.74) is 6.53. The molecule has 0 saturated carbocycles. The molecular weight excluding hydrogens is 342 g/mol. The Morgan fingerprint density at radius 2 is 1.54 bits per heavy atom. The summed E-state index contributed by atoms with van der Waals surface area (Å²) < 4.78 is 0. The molecule has 0 atom stereocenters. The zero-order valence-corrected chi connectivity index (χ0v) is 18.1. The first-order valence-corrected chi connectivity index (χ1v) is 11.8. The number of hydrogen-bond donors (Lipinski definition) is 2. The van der Waals surface area contributed by atoms with Crippen LogP contribution in [0.4, 0.5) is 11.4 Å². The SMILES string of the molecule is CCCCCCNc1ccc2c(NCCCCCC)c3c(nc2c1)CCCC3. The van der Waals surface area contributed by atoms with Gasteiger partial charge in [-0.2, -0.15) is 0 Å². The number of anilines is 2. The van der Waals surface area contributed by atoms with E-state index in [2.05, 4.69) is 42.7 Å². The number of nitrogens with zero attached hydrogens (tertiary/aromatic N) is 1. The van der Waals surface area contributed by atoms with Gasteiger partial charge in [0.25, 0.3) is 0 Å². The van der Waals surface area contributed by atoms with Crippen LogP contribution in [0.1, 0.15) is 89.3 Å². The molecule has 1 aliphatic rings. The second-order valence-electron chi connectivity index (χ2n) is 8.33. The van der Waals surface area contributed by atoms with Crippen LogP contribution in [0.25, 0.3) is 10.9 Å². The van der Waals surface area contributed by atoms with Crippen molar-refractivity contribution in [3.63, 3.8) is 0 Å². The maximum absolute atomic E-state index is 5.07. The normalized spacial score (nSPS) is 13.5. The molecule has 1 aromatic heterocycles. The highest BCUT2D eigenvalue weighted by Gasteiger charge is 2.18. The molecule has 0 aliphatic heterocycles. The molecule has 0 radical (unpaired) electrons. The number of fused-ring (bicyclic) bond motifs is 2. The van der Waals surface area contributed by atoms with Crippen LogP contribution in [0.3, 0.4) is 0 Å². The average Bonchev–Trinajstić information content (AvgIpc) is 2.72. The van der Waals surface area contributed by atoms with E-state index in [0.29, 0.717) is 0 Å². The van der Waals surface area contributed by atoms with Gasteiger partial charge in [-0.15, -0.1) is 0 Å². The first kappa shape index (κ1) is 21.0. The summed E-state index contributed by atoms with van der Waals surface area (Å²) in [5, 5.41) is 8.70. The summed E-state index contributed by atoms with van der Waals surface area (Å²) in [6.45, 7) is 6.66. The Labute approximate surface area is 171 Å². The molecular formula is C25H39N3. The number of aromatic nitrogens is 1. The zero-order valence-electron chi connectivity index (χ0n) is 18.1. The van der Waals surface area contributed by atoms with E-state index in [1.54, 1.807) is 0 Å². The number of benzene rings is 1. The van der Waals surface area contributed by atoms with Gasteiger partial charge in [-0.1, -0.05) is 52.4 Å². The Morgan fingerprint density at radius 3 is 2.29 bits per heavy atom. The molecule has 2 aromatic rings. The van der Waals surface area contributed by atoms with Crippen LogP contribution in [0, 0.1) is 0 Å². The maximum atomic E-state index is 5.07. The molecule has 154 valence electrons. The molecule has 0 amide bonds. The van der Waals surface area contributed by atoms with Crippen molar-refractivity contribution in [1.29, 1.82) is 0 Å². The van der Waals surface area contributed by atoms with E-state index in [-0.39, 0.29) is 0 Å². The molecule has 0 spiro atoms. The van der Waals surface area contributed by atoms with Crippen LogP contribution in [0.5, 0.6) is 0 Å². The first-order chi connectivity index (χ1) is 13.8. The largest absolute Gasteiger partial charge is 0.385 e. The van der Waals surface area contributed by atoms with Crippen molar-refractivity contribution >= 4 is 22.3 Å². The van der Waals surface area contributed by atoms with Crippen LogP contribution in [-0.2, 0) is 12.8 Å². The third kappa shape index (κ3) is 5.62. The van der Waals surface area contributed by atoms with Gasteiger partial charge in [-0.3, -0.25) is 4.98 Å². The third-order valence-electron chi connectivity index (χ3n) is 5.95. The maximum Gasteiger partial charge on any atom is 0.0746 e. The van der Waals surface area contributed by atoms with Crippen molar-refractivity contribution in [3.8, 4) is 0 Å². The lowest BCUT2D eigenvalue weighted by atomic mass is 9.92. The minimum Gasteiger partial charge on any atom is -0.385 e. The highest BCUT2D eigenvalue weighted by atomic mass is 14.9. The molecule has 3 nitrogen and oxygen atoms in total. The molecule has 3 heteroatoms. The zero-order chi connectivity index (χ0) is 19.6. The van der Waals surface area contributed by atoms with Crippen LogP contribution in [-0.4, -0.2) is 18.1 Å². The summed E-state index contributed by atoms with van der Waals surface area (Å²) in [5.74, 6) is 0. The standard InChI is InChI=1S/C25H39N3/c1-3-5-7-11-17-26-20-15-16-22-24(19-20)28-23-14-10-9-13-21(23)25(22)27-18-12-8-6-4-2/h15-16,19,26H,3-14,17-18H2,1-2H3,(H,27,28). The molecule has 0 bridgehead atoms. The number of unbranched alkanes of at least 4 members (excludes halogenated alkanes) is 6. The molecule has 1 heterocycles. The van der Waals surface area contributed by atoms with Gasteiger partial charge >= 0.3 is 0 Å². The summed E-state index contributed by atoms with van der Waals surface area (Å²) in [6, 6.07) is 6.77. The molecule has 3 rings (SSSR count). The van der Waals surface area contributed by atoms with E-state index in [0.717, 1.165) is 25.0 Å². The van der Waals surface area contributed by atoms with E-state index in [1.807, 2.05) is 0 Å². The van der Waals surface area contributed by atoms with Gasteiger partial charge in [0.1, 0.15) is 0 Å². The van der Waals surface area contributed by atoms with Crippen molar-refractivity contribution in [2.24, 2.45) is 0 Å². The highest BCUT2D eigenvalue weighted by Crippen LogP contribution is 2.34. The average molecular weight is 382 g/mol. The van der Waals surface area contributed by atoms with Gasteiger partial charge in [-0.25, -0.2) is 0 Å². The van der Waals surface area contributed by atoms with Crippen molar-refractivity contribution in [2.75, 3.05) is 23.7 Å². The fourth-order valence-electron chi connectivity index (χ4n) is 4.29. The Bertz CT molecular complexity index is 738. The predicted octanol–water partition coefficient (Wildman–Crippen LogP) is 7.10. The monoisotopic (exact) mass is 381 g/mol. The minimum atomic E-state index is 1.05. The molecule has 1 aliphatic carbocycles. The van der Waals surface area contributed by atoms with Crippen molar-refractivity contribution in [2.45, 2.75) is 90.9 Å². The molecule has 1 aromatic carbocycles. The van der Waals surface area contributed by atoms with E-state index in [4.69, 9.17) is 4.98 Å². The van der Waals surface area contributed by atoms with Gasteiger partial charge < -0.3 is 10.6 Å². The van der Waals surface area contributed by atoms with Gasteiger partial charge in [0.2, 0.25) is 0 Å². The van der Waals surface area contributed by atoms with Crippen molar-refractivity contribution in [3.05, 3.63) is 29.5 Å². The lowest BCUT2D eigenvalue weighted by Gasteiger charge is -2.22. The second-order valence-corrected chi connectivity index (χ2v) is 8.33. The number of rotatable bonds is 12. The van der Waals surface area contributed by atoms with Crippen LogP contribution in [0.15, 0.2) is 18.2 Å². The van der Waals surface area contributed by atoms with Gasteiger partial charge in [-0.05, 0) is 62.3 Å². The quantitative estimate of drug-likeness (QED) is 0.385. The Morgan fingerprint density at radius 1 is 0.821 bits per heavy atom. The van der Waals surface area contributed by atoms with E-state index in [1.165, 1.54) is 98.6 Å². The Kier molecular flexibility index (Phi) is 8.44. The number of nitrogens with one attached hydrogen (secondary N) is 2. The van der Waals surface area contributed by atoms with Gasteiger partial charge in [0.05, 0.1) is 5.52 Å². The third-order valence-corrected chi connectivity index (χ3v) is 5.95. The summed E-state index contributed by atoms with van der Waals surface area (Å²) in [7, 11) is 0. The van der Waals surface area contributed by atoms with Crippen LogP contribution in [0.2, 0.25) is 0 Å². The van der Waals surface area contributed by atoms with E-state index < -0.39 is 0 Å². The predicted molar refractivity (Wildman–Crippen MR) is 124 cm³/mol. The second kappa shape index (κ2) is 11.3. The number of hydrogen-bond acceptors (Lipinski definition) is 3. The van der Waals surface area contributed by atoms with Crippen LogP contribution < -0.4 is 10.6 Å². The summed E-state index contributed by atoms with van der Waals surface area (Å²) in [6.07, 6.45) is 15.3. The number of pyridine rings is 1. The molecule has 0 saturated heterocycles. The van der Waals surface area contributed by atoms with Gasteiger partial charge in [0, 0.05) is 35.5 Å². The summed E-state index contributed by atoms with van der Waals surface area (Å²) >= 11 is 0. The highest BCUT2D eigenvalue weighted by molar-refractivity contribution is 5.95. The molecule has 0 unspecified atom stereocenters. The molecule has 0 fully saturated rings. The lowest BCUT2D eigenvalue weighted by Crippen LogP contribution is -2.12. The fourth-order valence-corrected chi connectivity index (χ4v) is 4.29. The van der Waals surface area contributed by atoms with Crippen molar-refractivity contribution < 1.29 is 0 Å². The van der Waals surface area contributed by atoms with E-state index >= 15 is 0 Å².